The normalized spacial score (nSPS) is 12.1. The summed E-state index contributed by atoms with van der Waals surface area (Å²) in [6, 6.07) is 10.6. The molecule has 2 aromatic rings. The van der Waals surface area contributed by atoms with Crippen molar-refractivity contribution < 1.29 is 13.9 Å². The van der Waals surface area contributed by atoms with Crippen LogP contribution in [0.5, 0.6) is 0 Å². The van der Waals surface area contributed by atoms with E-state index in [4.69, 9.17) is 14.9 Å². The van der Waals surface area contributed by atoms with Gasteiger partial charge in [0.1, 0.15) is 17.6 Å². The van der Waals surface area contributed by atoms with Crippen molar-refractivity contribution in [2.75, 3.05) is 13.7 Å². The Kier molecular flexibility index (Phi) is 5.14. The summed E-state index contributed by atoms with van der Waals surface area (Å²) in [5.41, 5.74) is 7.11. The Hall–Kier alpha value is -2.11. The maximum absolute atomic E-state index is 12.3. The van der Waals surface area contributed by atoms with E-state index in [9.17, 15) is 4.79 Å². The number of hydrogen-bond donors (Lipinski definition) is 2. The van der Waals surface area contributed by atoms with Gasteiger partial charge in [-0.1, -0.05) is 12.1 Å². The molecule has 1 atom stereocenters. The average molecular weight is 288 g/mol. The molecule has 1 unspecified atom stereocenters. The third kappa shape index (κ3) is 3.93. The van der Waals surface area contributed by atoms with E-state index in [1.807, 2.05) is 31.2 Å². The number of furan rings is 1. The second-order valence-electron chi connectivity index (χ2n) is 4.83. The number of methoxy groups -OCH3 is 1. The number of rotatable bonds is 6. The molecular weight excluding hydrogens is 268 g/mol. The van der Waals surface area contributed by atoms with Crippen molar-refractivity contribution >= 4 is 5.91 Å². The van der Waals surface area contributed by atoms with Crippen LogP contribution in [0.25, 0.3) is 0 Å². The smallest absolute Gasteiger partial charge is 0.251 e. The van der Waals surface area contributed by atoms with E-state index in [0.29, 0.717) is 24.5 Å². The topological polar surface area (TPSA) is 77.5 Å². The van der Waals surface area contributed by atoms with Gasteiger partial charge in [0.2, 0.25) is 0 Å². The zero-order chi connectivity index (χ0) is 15.2. The lowest BCUT2D eigenvalue weighted by molar-refractivity contribution is 0.0882. The van der Waals surface area contributed by atoms with Crippen molar-refractivity contribution in [1.82, 2.24) is 5.32 Å². The van der Waals surface area contributed by atoms with Gasteiger partial charge in [0.05, 0.1) is 6.61 Å². The number of benzene rings is 1. The first-order chi connectivity index (χ1) is 10.1. The SMILES string of the molecule is COCC(NC(=O)c1ccc(CN)cc1)c1ccc(C)o1. The van der Waals surface area contributed by atoms with Gasteiger partial charge in [-0.05, 0) is 36.8 Å². The average Bonchev–Trinajstić information content (AvgIpc) is 2.93. The molecule has 0 radical (unpaired) electrons. The summed E-state index contributed by atoms with van der Waals surface area (Å²) < 4.78 is 10.7. The van der Waals surface area contributed by atoms with Crippen LogP contribution in [-0.4, -0.2) is 19.6 Å². The molecule has 112 valence electrons. The van der Waals surface area contributed by atoms with Crippen molar-refractivity contribution in [3.63, 3.8) is 0 Å². The Morgan fingerprint density at radius 3 is 2.52 bits per heavy atom. The van der Waals surface area contributed by atoms with Gasteiger partial charge in [-0.25, -0.2) is 0 Å². The Balaban J connectivity index is 2.10. The minimum Gasteiger partial charge on any atom is -0.464 e. The fourth-order valence-electron chi connectivity index (χ4n) is 2.04. The largest absolute Gasteiger partial charge is 0.464 e. The molecule has 21 heavy (non-hydrogen) atoms. The number of carbonyl (C=O) groups is 1. The molecule has 0 saturated heterocycles. The zero-order valence-corrected chi connectivity index (χ0v) is 12.3. The van der Waals surface area contributed by atoms with Crippen molar-refractivity contribution in [3.8, 4) is 0 Å². The molecule has 1 aromatic carbocycles. The number of hydrogen-bond acceptors (Lipinski definition) is 4. The van der Waals surface area contributed by atoms with Gasteiger partial charge in [-0.2, -0.15) is 0 Å². The highest BCUT2D eigenvalue weighted by Gasteiger charge is 2.18. The zero-order valence-electron chi connectivity index (χ0n) is 12.3. The van der Waals surface area contributed by atoms with Crippen LogP contribution in [0.4, 0.5) is 0 Å². The fraction of sp³-hybridized carbons (Fsp3) is 0.312. The molecule has 2 rings (SSSR count). The minimum absolute atomic E-state index is 0.172. The lowest BCUT2D eigenvalue weighted by Crippen LogP contribution is -2.31. The van der Waals surface area contributed by atoms with Gasteiger partial charge in [0, 0.05) is 19.2 Å². The van der Waals surface area contributed by atoms with Crippen LogP contribution in [-0.2, 0) is 11.3 Å². The van der Waals surface area contributed by atoms with Crippen LogP contribution < -0.4 is 11.1 Å². The highest BCUT2D eigenvalue weighted by Crippen LogP contribution is 2.17. The molecule has 0 spiro atoms. The molecule has 5 heteroatoms. The second kappa shape index (κ2) is 7.06. The van der Waals surface area contributed by atoms with E-state index in [1.165, 1.54) is 0 Å². The van der Waals surface area contributed by atoms with E-state index in [-0.39, 0.29) is 11.9 Å². The van der Waals surface area contributed by atoms with Gasteiger partial charge in [0.25, 0.3) is 5.91 Å². The standard InChI is InChI=1S/C16H20N2O3/c1-11-3-8-15(21-11)14(10-20-2)18-16(19)13-6-4-12(9-17)5-7-13/h3-8,14H,9-10,17H2,1-2H3,(H,18,19). The molecule has 1 aromatic heterocycles. The summed E-state index contributed by atoms with van der Waals surface area (Å²) in [5, 5.41) is 2.91. The Bertz CT molecular complexity index is 590. The van der Waals surface area contributed by atoms with Crippen molar-refractivity contribution in [2.24, 2.45) is 5.73 Å². The van der Waals surface area contributed by atoms with Crippen molar-refractivity contribution in [1.29, 1.82) is 0 Å². The van der Waals surface area contributed by atoms with Gasteiger partial charge in [0.15, 0.2) is 0 Å². The summed E-state index contributed by atoms with van der Waals surface area (Å²) in [6.07, 6.45) is 0. The molecule has 3 N–H and O–H groups in total. The highest BCUT2D eigenvalue weighted by atomic mass is 16.5. The summed E-state index contributed by atoms with van der Waals surface area (Å²) >= 11 is 0. The quantitative estimate of drug-likeness (QED) is 0.854. The van der Waals surface area contributed by atoms with Crippen LogP contribution in [0.3, 0.4) is 0 Å². The van der Waals surface area contributed by atoms with Crippen LogP contribution in [0.1, 0.15) is 33.5 Å². The van der Waals surface area contributed by atoms with Crippen molar-refractivity contribution in [3.05, 3.63) is 59.0 Å². The first kappa shape index (κ1) is 15.3. The predicted molar refractivity (Wildman–Crippen MR) is 79.9 cm³/mol. The van der Waals surface area contributed by atoms with Crippen LogP contribution in [0.2, 0.25) is 0 Å². The monoisotopic (exact) mass is 288 g/mol. The summed E-state index contributed by atoms with van der Waals surface area (Å²) in [4.78, 5) is 12.3. The van der Waals surface area contributed by atoms with E-state index in [0.717, 1.165) is 11.3 Å². The molecule has 0 bridgehead atoms. The lowest BCUT2D eigenvalue weighted by atomic mass is 10.1. The summed E-state index contributed by atoms with van der Waals surface area (Å²) in [6.45, 7) is 2.67. The maximum Gasteiger partial charge on any atom is 0.251 e. The fourth-order valence-corrected chi connectivity index (χ4v) is 2.04. The van der Waals surface area contributed by atoms with Gasteiger partial charge in [-0.15, -0.1) is 0 Å². The van der Waals surface area contributed by atoms with Gasteiger partial charge >= 0.3 is 0 Å². The Morgan fingerprint density at radius 2 is 2.00 bits per heavy atom. The third-order valence-electron chi connectivity index (χ3n) is 3.20. The second-order valence-corrected chi connectivity index (χ2v) is 4.83. The summed E-state index contributed by atoms with van der Waals surface area (Å²) in [7, 11) is 1.59. The van der Waals surface area contributed by atoms with Crippen LogP contribution in [0.15, 0.2) is 40.8 Å². The summed E-state index contributed by atoms with van der Waals surface area (Å²) in [5.74, 6) is 1.31. The Labute approximate surface area is 124 Å². The molecule has 1 amide bonds. The third-order valence-corrected chi connectivity index (χ3v) is 3.20. The number of amides is 1. The van der Waals surface area contributed by atoms with E-state index in [2.05, 4.69) is 5.32 Å². The predicted octanol–water partition coefficient (Wildman–Crippen LogP) is 2.16. The minimum atomic E-state index is -0.314. The molecule has 1 heterocycles. The molecule has 0 fully saturated rings. The van der Waals surface area contributed by atoms with E-state index >= 15 is 0 Å². The number of ether oxygens (including phenoxy) is 1. The van der Waals surface area contributed by atoms with Crippen LogP contribution in [0, 0.1) is 6.92 Å². The first-order valence-electron chi connectivity index (χ1n) is 6.79. The van der Waals surface area contributed by atoms with Crippen LogP contribution >= 0.6 is 0 Å². The van der Waals surface area contributed by atoms with E-state index in [1.54, 1.807) is 19.2 Å². The number of carbonyl (C=O) groups excluding carboxylic acids is 1. The molecule has 5 nitrogen and oxygen atoms in total. The molecule has 0 aliphatic heterocycles. The van der Waals surface area contributed by atoms with Gasteiger partial charge < -0.3 is 20.2 Å². The first-order valence-corrected chi connectivity index (χ1v) is 6.79. The highest BCUT2D eigenvalue weighted by molar-refractivity contribution is 5.94. The molecule has 0 aliphatic carbocycles. The molecular formula is C16H20N2O3. The molecule has 0 aliphatic rings. The van der Waals surface area contributed by atoms with E-state index < -0.39 is 0 Å². The Morgan fingerprint density at radius 1 is 1.29 bits per heavy atom. The maximum atomic E-state index is 12.3. The molecule has 0 saturated carbocycles. The lowest BCUT2D eigenvalue weighted by Gasteiger charge is -2.16. The number of nitrogens with two attached hydrogens (primary N) is 1. The number of nitrogens with one attached hydrogen (secondary N) is 1. The number of aryl methyl sites for hydroxylation is 1. The van der Waals surface area contributed by atoms with Crippen molar-refractivity contribution in [2.45, 2.75) is 19.5 Å². The van der Waals surface area contributed by atoms with Gasteiger partial charge in [-0.3, -0.25) is 4.79 Å².